The second-order valence-corrected chi connectivity index (χ2v) is 6.98. The highest BCUT2D eigenvalue weighted by Gasteiger charge is 2.19. The average molecular weight is 351 g/mol. The van der Waals surface area contributed by atoms with E-state index in [1.165, 1.54) is 22.8 Å². The summed E-state index contributed by atoms with van der Waals surface area (Å²) in [7, 11) is 0. The summed E-state index contributed by atoms with van der Waals surface area (Å²) in [5.41, 5.74) is 0.256. The number of aromatic carboxylic acids is 1. The SMILES string of the molecule is CC(NC(=O)c1cc(Cl)sc1Cl)c1nc(C(=O)O)cs1. The lowest BCUT2D eigenvalue weighted by Gasteiger charge is -2.10. The van der Waals surface area contributed by atoms with Crippen LogP contribution in [-0.4, -0.2) is 22.0 Å². The third-order valence-corrected chi connectivity index (χ3v) is 4.88. The molecule has 0 aliphatic rings. The highest BCUT2D eigenvalue weighted by molar-refractivity contribution is 7.20. The predicted octanol–water partition coefficient (Wildman–Crippen LogP) is 3.70. The molecule has 0 fully saturated rings. The minimum atomic E-state index is -1.10. The first-order chi connectivity index (χ1) is 9.38. The van der Waals surface area contributed by atoms with E-state index in [0.29, 0.717) is 19.2 Å². The number of carboxylic acids is 1. The molecule has 0 aromatic carbocycles. The van der Waals surface area contributed by atoms with E-state index in [0.717, 1.165) is 11.3 Å². The zero-order valence-corrected chi connectivity index (χ0v) is 13.2. The smallest absolute Gasteiger partial charge is 0.355 e. The summed E-state index contributed by atoms with van der Waals surface area (Å²) in [4.78, 5) is 26.7. The zero-order chi connectivity index (χ0) is 14.9. The quantitative estimate of drug-likeness (QED) is 0.880. The molecule has 0 radical (unpaired) electrons. The van der Waals surface area contributed by atoms with Crippen LogP contribution >= 0.6 is 45.9 Å². The number of hydrogen-bond donors (Lipinski definition) is 2. The number of thiophene rings is 1. The van der Waals surface area contributed by atoms with Gasteiger partial charge in [-0.05, 0) is 13.0 Å². The van der Waals surface area contributed by atoms with E-state index in [2.05, 4.69) is 10.3 Å². The third-order valence-electron chi connectivity index (χ3n) is 2.36. The highest BCUT2D eigenvalue weighted by atomic mass is 35.5. The lowest BCUT2D eigenvalue weighted by Crippen LogP contribution is -2.26. The highest BCUT2D eigenvalue weighted by Crippen LogP contribution is 2.31. The number of carboxylic acid groups (broad SMARTS) is 1. The lowest BCUT2D eigenvalue weighted by molar-refractivity contribution is 0.0691. The number of halogens is 2. The van der Waals surface area contributed by atoms with Gasteiger partial charge in [-0.3, -0.25) is 4.79 Å². The van der Waals surface area contributed by atoms with Crippen LogP contribution in [0.3, 0.4) is 0 Å². The maximum Gasteiger partial charge on any atom is 0.355 e. The number of hydrogen-bond acceptors (Lipinski definition) is 5. The van der Waals surface area contributed by atoms with Gasteiger partial charge in [-0.15, -0.1) is 22.7 Å². The van der Waals surface area contributed by atoms with Crippen molar-refractivity contribution in [1.82, 2.24) is 10.3 Å². The first kappa shape index (κ1) is 15.2. The van der Waals surface area contributed by atoms with Crippen LogP contribution in [0, 0.1) is 0 Å². The molecule has 0 saturated heterocycles. The number of nitrogens with one attached hydrogen (secondary N) is 1. The van der Waals surface area contributed by atoms with Crippen molar-refractivity contribution in [3.63, 3.8) is 0 Å². The monoisotopic (exact) mass is 350 g/mol. The van der Waals surface area contributed by atoms with Gasteiger partial charge in [0.2, 0.25) is 0 Å². The van der Waals surface area contributed by atoms with E-state index in [1.807, 2.05) is 0 Å². The molecule has 0 bridgehead atoms. The van der Waals surface area contributed by atoms with Crippen LogP contribution in [0.15, 0.2) is 11.4 Å². The van der Waals surface area contributed by atoms with Crippen molar-refractivity contribution in [2.75, 3.05) is 0 Å². The fourth-order valence-corrected chi connectivity index (χ4v) is 3.67. The van der Waals surface area contributed by atoms with Gasteiger partial charge < -0.3 is 10.4 Å². The number of thiazole rings is 1. The topological polar surface area (TPSA) is 79.3 Å². The van der Waals surface area contributed by atoms with Gasteiger partial charge in [0.05, 0.1) is 15.9 Å². The van der Waals surface area contributed by atoms with Gasteiger partial charge in [0.1, 0.15) is 9.34 Å². The fraction of sp³-hybridized carbons (Fsp3) is 0.182. The maximum atomic E-state index is 12.0. The third kappa shape index (κ3) is 3.29. The number of rotatable bonds is 4. The molecule has 0 aliphatic carbocycles. The molecule has 2 aromatic heterocycles. The van der Waals surface area contributed by atoms with Crippen molar-refractivity contribution >= 4 is 57.8 Å². The summed E-state index contributed by atoms with van der Waals surface area (Å²) in [5, 5.41) is 13.4. The standard InChI is InChI=1S/C11H8Cl2N2O3S2/c1-4(10-15-6(3-19-10)11(17)18)14-9(16)5-2-7(12)20-8(5)13/h2-4H,1H3,(H,14,16)(H,17,18). The van der Waals surface area contributed by atoms with Gasteiger partial charge >= 0.3 is 5.97 Å². The number of carbonyl (C=O) groups excluding carboxylic acids is 1. The molecule has 2 aromatic rings. The number of carbonyl (C=O) groups is 2. The van der Waals surface area contributed by atoms with E-state index < -0.39 is 12.0 Å². The largest absolute Gasteiger partial charge is 0.476 e. The lowest BCUT2D eigenvalue weighted by atomic mass is 10.3. The van der Waals surface area contributed by atoms with Gasteiger partial charge in [-0.1, -0.05) is 23.2 Å². The Morgan fingerprint density at radius 1 is 1.45 bits per heavy atom. The van der Waals surface area contributed by atoms with Gasteiger partial charge in [-0.2, -0.15) is 0 Å². The molecule has 0 aliphatic heterocycles. The number of amides is 1. The van der Waals surface area contributed by atoms with E-state index in [4.69, 9.17) is 28.3 Å². The zero-order valence-electron chi connectivity index (χ0n) is 10.0. The van der Waals surface area contributed by atoms with Crippen LogP contribution in [-0.2, 0) is 0 Å². The van der Waals surface area contributed by atoms with Crippen LogP contribution in [0.25, 0.3) is 0 Å². The summed E-state index contributed by atoms with van der Waals surface area (Å²) in [6, 6.07) is 1.07. The summed E-state index contributed by atoms with van der Waals surface area (Å²) < 4.78 is 0.736. The molecule has 0 saturated carbocycles. The van der Waals surface area contributed by atoms with Crippen molar-refractivity contribution in [2.45, 2.75) is 13.0 Å². The molecule has 0 spiro atoms. The van der Waals surface area contributed by atoms with Crippen molar-refractivity contribution in [2.24, 2.45) is 0 Å². The van der Waals surface area contributed by atoms with Crippen molar-refractivity contribution < 1.29 is 14.7 Å². The maximum absolute atomic E-state index is 12.0. The summed E-state index contributed by atoms with van der Waals surface area (Å²) in [6.45, 7) is 1.71. The van der Waals surface area contributed by atoms with Crippen LogP contribution in [0.4, 0.5) is 0 Å². The fourth-order valence-electron chi connectivity index (χ4n) is 1.42. The van der Waals surface area contributed by atoms with Gasteiger partial charge in [0.25, 0.3) is 5.91 Å². The molecule has 2 heterocycles. The van der Waals surface area contributed by atoms with Crippen molar-refractivity contribution in [3.8, 4) is 0 Å². The van der Waals surface area contributed by atoms with E-state index in [1.54, 1.807) is 6.92 Å². The van der Waals surface area contributed by atoms with Crippen LogP contribution in [0.1, 0.15) is 38.8 Å². The molecule has 9 heteroatoms. The second kappa shape index (κ2) is 6.09. The molecule has 106 valence electrons. The second-order valence-electron chi connectivity index (χ2n) is 3.81. The van der Waals surface area contributed by atoms with Crippen molar-refractivity contribution in [3.05, 3.63) is 36.4 Å². The summed E-state index contributed by atoms with van der Waals surface area (Å²) in [5.74, 6) is -1.48. The number of nitrogens with zero attached hydrogens (tertiary/aromatic N) is 1. The minimum Gasteiger partial charge on any atom is -0.476 e. The molecule has 1 amide bonds. The first-order valence-corrected chi connectivity index (χ1v) is 7.78. The van der Waals surface area contributed by atoms with Crippen LogP contribution < -0.4 is 5.32 Å². The molecular weight excluding hydrogens is 343 g/mol. The first-order valence-electron chi connectivity index (χ1n) is 5.33. The van der Waals surface area contributed by atoms with E-state index in [-0.39, 0.29) is 11.6 Å². The summed E-state index contributed by atoms with van der Waals surface area (Å²) >= 11 is 14.0. The van der Waals surface area contributed by atoms with E-state index >= 15 is 0 Å². The number of aromatic nitrogens is 1. The molecule has 1 atom stereocenters. The Morgan fingerprint density at radius 2 is 2.15 bits per heavy atom. The molecule has 2 N–H and O–H groups in total. The molecule has 1 unspecified atom stereocenters. The Morgan fingerprint density at radius 3 is 2.65 bits per heavy atom. The Balaban J connectivity index is 2.10. The van der Waals surface area contributed by atoms with Gasteiger partial charge in [0.15, 0.2) is 5.69 Å². The average Bonchev–Trinajstić information content (AvgIpc) is 2.95. The van der Waals surface area contributed by atoms with E-state index in [9.17, 15) is 9.59 Å². The molecule has 5 nitrogen and oxygen atoms in total. The van der Waals surface area contributed by atoms with Crippen LogP contribution in [0.2, 0.25) is 8.67 Å². The van der Waals surface area contributed by atoms with Crippen molar-refractivity contribution in [1.29, 1.82) is 0 Å². The predicted molar refractivity (Wildman–Crippen MR) is 79.3 cm³/mol. The summed E-state index contributed by atoms with van der Waals surface area (Å²) in [6.07, 6.45) is 0. The molecule has 20 heavy (non-hydrogen) atoms. The Labute approximate surface area is 132 Å². The molecular formula is C11H8Cl2N2O3S2. The Hall–Kier alpha value is -1.15. The minimum absolute atomic E-state index is 0.0392. The Kier molecular flexibility index (Phi) is 4.64. The van der Waals surface area contributed by atoms with Gasteiger partial charge in [-0.25, -0.2) is 9.78 Å². The molecule has 2 rings (SSSR count). The normalized spacial score (nSPS) is 12.2. The van der Waals surface area contributed by atoms with Gasteiger partial charge in [0, 0.05) is 5.38 Å². The Bertz CT molecular complexity index is 668. The van der Waals surface area contributed by atoms with Crippen LogP contribution in [0.5, 0.6) is 0 Å².